The first-order chi connectivity index (χ1) is 14.7. The number of aromatic hydroxyl groups is 1. The van der Waals surface area contributed by atoms with Crippen molar-refractivity contribution in [3.05, 3.63) is 62.4 Å². The number of carboxylic acids is 1. The van der Waals surface area contributed by atoms with Crippen molar-refractivity contribution < 1.29 is 19.8 Å². The molecular weight excluding hydrogens is 406 g/mol. The summed E-state index contributed by atoms with van der Waals surface area (Å²) in [7, 11) is 2.53. The Hall–Kier alpha value is -4.15. The van der Waals surface area contributed by atoms with E-state index in [1.165, 1.54) is 14.1 Å². The zero-order valence-electron chi connectivity index (χ0n) is 16.8. The van der Waals surface area contributed by atoms with Crippen molar-refractivity contribution >= 4 is 29.0 Å². The summed E-state index contributed by atoms with van der Waals surface area (Å²) in [6.45, 7) is -0.469. The summed E-state index contributed by atoms with van der Waals surface area (Å²) >= 11 is 0. The average molecular weight is 427 g/mol. The number of hydrogen-bond donors (Lipinski definition) is 4. The maximum atomic E-state index is 12.2. The molecule has 0 saturated carbocycles. The summed E-state index contributed by atoms with van der Waals surface area (Å²) in [6, 6.07) is 6.22. The predicted molar refractivity (Wildman–Crippen MR) is 113 cm³/mol. The number of aromatic amines is 1. The van der Waals surface area contributed by atoms with E-state index >= 15 is 0 Å². The normalized spacial score (nSPS) is 12.3. The average Bonchev–Trinajstić information content (AvgIpc) is 3.15. The Kier molecular flexibility index (Phi) is 6.05. The van der Waals surface area contributed by atoms with Gasteiger partial charge < -0.3 is 20.5 Å². The van der Waals surface area contributed by atoms with Gasteiger partial charge in [0.15, 0.2) is 0 Å². The number of aliphatic imine (C=N–C) groups is 1. The smallest absolute Gasteiger partial charge is 0.333 e. The number of nitrogens with one attached hydrogen (secondary N) is 2. The second kappa shape index (κ2) is 8.69. The van der Waals surface area contributed by atoms with Crippen LogP contribution in [0.5, 0.6) is 5.88 Å². The summed E-state index contributed by atoms with van der Waals surface area (Å²) in [5.41, 5.74) is -0.140. The van der Waals surface area contributed by atoms with Crippen LogP contribution in [0.25, 0.3) is 10.9 Å². The predicted octanol–water partition coefficient (Wildman–Crippen LogP) is -0.498. The number of aliphatic carboxylic acids is 1. The first-order valence-corrected chi connectivity index (χ1v) is 9.26. The van der Waals surface area contributed by atoms with Crippen LogP contribution >= 0.6 is 0 Å². The van der Waals surface area contributed by atoms with Gasteiger partial charge in [-0.05, 0) is 11.6 Å². The number of rotatable bonds is 7. The Labute approximate surface area is 175 Å². The van der Waals surface area contributed by atoms with Crippen LogP contribution in [-0.2, 0) is 30.1 Å². The van der Waals surface area contributed by atoms with E-state index in [9.17, 15) is 29.4 Å². The van der Waals surface area contributed by atoms with Gasteiger partial charge in [0.2, 0.25) is 11.8 Å². The lowest BCUT2D eigenvalue weighted by Crippen LogP contribution is -2.43. The third kappa shape index (κ3) is 4.39. The maximum absolute atomic E-state index is 12.2. The van der Waals surface area contributed by atoms with Crippen LogP contribution in [0.15, 0.2) is 45.0 Å². The number of benzene rings is 1. The number of amides is 1. The highest BCUT2D eigenvalue weighted by Crippen LogP contribution is 2.19. The largest absolute Gasteiger partial charge is 0.494 e. The van der Waals surface area contributed by atoms with Crippen molar-refractivity contribution in [3.8, 4) is 5.88 Å². The van der Waals surface area contributed by atoms with Crippen molar-refractivity contribution in [1.82, 2.24) is 19.4 Å². The molecular formula is C20H21N5O6. The quantitative estimate of drug-likeness (QED) is 0.372. The number of carboxylic acid groups (broad SMARTS) is 1. The zero-order valence-corrected chi connectivity index (χ0v) is 16.8. The van der Waals surface area contributed by atoms with Crippen LogP contribution in [0.4, 0.5) is 0 Å². The summed E-state index contributed by atoms with van der Waals surface area (Å²) in [4.78, 5) is 54.5. The molecule has 0 aliphatic heterocycles. The summed E-state index contributed by atoms with van der Waals surface area (Å²) in [6.07, 6.45) is 2.74. The standard InChI is InChI=1S/C20H21N5O6/c1-24-17(27)13(18(28)25(2)20(24)31)9-21-10-16(26)23-15(19(29)30)7-11-8-22-14-6-4-3-5-12(11)14/h3-6,8-9,15,22,27H,7,10H2,1-2H3,(H,23,26)(H,29,30). The molecule has 1 aromatic carbocycles. The van der Waals surface area contributed by atoms with Gasteiger partial charge in [0.05, 0.1) is 0 Å². The Bertz CT molecular complexity index is 1300. The van der Waals surface area contributed by atoms with E-state index in [1.54, 1.807) is 6.20 Å². The minimum absolute atomic E-state index is 0.0664. The molecule has 4 N–H and O–H groups in total. The molecule has 31 heavy (non-hydrogen) atoms. The Morgan fingerprint density at radius 1 is 1.23 bits per heavy atom. The van der Waals surface area contributed by atoms with Gasteiger partial charge in [-0.3, -0.25) is 23.7 Å². The number of carbonyl (C=O) groups is 2. The molecule has 1 amide bonds. The van der Waals surface area contributed by atoms with E-state index in [2.05, 4.69) is 15.3 Å². The van der Waals surface area contributed by atoms with Gasteiger partial charge in [0, 0.05) is 43.8 Å². The Balaban J connectivity index is 1.71. The molecule has 1 unspecified atom stereocenters. The van der Waals surface area contributed by atoms with Crippen molar-refractivity contribution in [2.75, 3.05) is 6.54 Å². The van der Waals surface area contributed by atoms with E-state index in [1.807, 2.05) is 24.3 Å². The molecule has 2 heterocycles. The van der Waals surface area contributed by atoms with Crippen LogP contribution in [0.2, 0.25) is 0 Å². The third-order valence-corrected chi connectivity index (χ3v) is 4.86. The number of carbonyl (C=O) groups excluding carboxylic acids is 1. The van der Waals surface area contributed by atoms with E-state index < -0.39 is 41.6 Å². The van der Waals surface area contributed by atoms with Gasteiger partial charge in [-0.2, -0.15) is 0 Å². The van der Waals surface area contributed by atoms with Crippen molar-refractivity contribution in [2.45, 2.75) is 12.5 Å². The highest BCUT2D eigenvalue weighted by molar-refractivity contribution is 5.89. The fourth-order valence-electron chi connectivity index (χ4n) is 3.15. The van der Waals surface area contributed by atoms with Gasteiger partial charge in [-0.15, -0.1) is 0 Å². The van der Waals surface area contributed by atoms with Crippen LogP contribution < -0.4 is 16.6 Å². The fraction of sp³-hybridized carbons (Fsp3) is 0.250. The first kappa shape index (κ1) is 21.6. The molecule has 3 aromatic rings. The Morgan fingerprint density at radius 3 is 2.65 bits per heavy atom. The molecule has 2 aromatic heterocycles. The topological polar surface area (TPSA) is 159 Å². The zero-order chi connectivity index (χ0) is 22.7. The minimum atomic E-state index is -1.20. The van der Waals surface area contributed by atoms with Crippen molar-refractivity contribution in [3.63, 3.8) is 0 Å². The monoisotopic (exact) mass is 427 g/mol. The first-order valence-electron chi connectivity index (χ1n) is 9.26. The lowest BCUT2D eigenvalue weighted by Gasteiger charge is -2.13. The minimum Gasteiger partial charge on any atom is -0.494 e. The van der Waals surface area contributed by atoms with Gasteiger partial charge in [-0.25, -0.2) is 9.59 Å². The third-order valence-electron chi connectivity index (χ3n) is 4.86. The highest BCUT2D eigenvalue weighted by Gasteiger charge is 2.21. The Morgan fingerprint density at radius 2 is 1.94 bits per heavy atom. The second-order valence-corrected chi connectivity index (χ2v) is 6.93. The lowest BCUT2D eigenvalue weighted by atomic mass is 10.1. The molecule has 11 heteroatoms. The van der Waals surface area contributed by atoms with Crippen molar-refractivity contribution in [1.29, 1.82) is 0 Å². The van der Waals surface area contributed by atoms with E-state index in [0.717, 1.165) is 31.8 Å². The van der Waals surface area contributed by atoms with Crippen LogP contribution in [0.1, 0.15) is 11.1 Å². The number of H-pyrrole nitrogens is 1. The molecule has 0 saturated heterocycles. The second-order valence-electron chi connectivity index (χ2n) is 6.93. The molecule has 3 rings (SSSR count). The van der Waals surface area contributed by atoms with Gasteiger partial charge in [0.1, 0.15) is 18.2 Å². The highest BCUT2D eigenvalue weighted by atomic mass is 16.4. The molecule has 0 spiro atoms. The van der Waals surface area contributed by atoms with E-state index in [4.69, 9.17) is 0 Å². The summed E-state index contributed by atoms with van der Waals surface area (Å²) in [5.74, 6) is -2.46. The molecule has 0 aliphatic carbocycles. The van der Waals surface area contributed by atoms with Gasteiger partial charge >= 0.3 is 11.7 Å². The summed E-state index contributed by atoms with van der Waals surface area (Å²) in [5, 5.41) is 22.7. The van der Waals surface area contributed by atoms with E-state index in [0.29, 0.717) is 0 Å². The van der Waals surface area contributed by atoms with Crippen LogP contribution in [0.3, 0.4) is 0 Å². The summed E-state index contributed by atoms with van der Waals surface area (Å²) < 4.78 is 1.66. The van der Waals surface area contributed by atoms with E-state index in [-0.39, 0.29) is 12.0 Å². The molecule has 1 atom stereocenters. The van der Waals surface area contributed by atoms with Gasteiger partial charge in [-0.1, -0.05) is 18.2 Å². The number of para-hydroxylation sites is 1. The maximum Gasteiger partial charge on any atom is 0.333 e. The molecule has 0 aliphatic rings. The fourth-order valence-corrected chi connectivity index (χ4v) is 3.15. The number of nitrogens with zero attached hydrogens (tertiary/aromatic N) is 3. The molecule has 0 fully saturated rings. The lowest BCUT2D eigenvalue weighted by molar-refractivity contribution is -0.141. The van der Waals surface area contributed by atoms with Crippen LogP contribution in [-0.4, -0.2) is 55.0 Å². The number of fused-ring (bicyclic) bond motifs is 1. The van der Waals surface area contributed by atoms with Crippen LogP contribution in [0, 0.1) is 0 Å². The number of hydrogen-bond acceptors (Lipinski definition) is 6. The molecule has 0 bridgehead atoms. The van der Waals surface area contributed by atoms with Crippen molar-refractivity contribution in [2.24, 2.45) is 19.1 Å². The van der Waals surface area contributed by atoms with Gasteiger partial charge in [0.25, 0.3) is 5.56 Å². The number of aromatic nitrogens is 3. The molecule has 11 nitrogen and oxygen atoms in total. The SMILES string of the molecule is Cn1c(O)c(C=NCC(=O)NC(Cc2c[nH]c3ccccc23)C(=O)O)c(=O)n(C)c1=O. The molecule has 0 radical (unpaired) electrons. The molecule has 162 valence electrons.